The molecule has 0 unspecified atom stereocenters. The third kappa shape index (κ3) is 3.00. The molecule has 2 aliphatic carbocycles. The monoisotopic (exact) mass is 259 g/mol. The Hall–Kier alpha value is -1.71. The molecular weight excluding hydrogens is 238 g/mol. The number of nitrogens with two attached hydrogens (primary N) is 2. The predicted octanol–water partition coefficient (Wildman–Crippen LogP) is 1.99. The molecule has 0 aliphatic heterocycles. The fourth-order valence-electron chi connectivity index (χ4n) is 2.46. The number of nitrogens with zero attached hydrogens (tertiary/aromatic N) is 1. The lowest BCUT2D eigenvalue weighted by atomic mass is 10.1. The third-order valence-electron chi connectivity index (χ3n) is 4.02. The van der Waals surface area contributed by atoms with E-state index < -0.39 is 5.91 Å². The summed E-state index contributed by atoms with van der Waals surface area (Å²) in [6, 6.07) is 5.65. The quantitative estimate of drug-likeness (QED) is 0.767. The molecule has 0 bridgehead atoms. The minimum Gasteiger partial charge on any atom is -0.398 e. The van der Waals surface area contributed by atoms with E-state index in [1.165, 1.54) is 25.7 Å². The minimum absolute atomic E-state index is 0.439. The van der Waals surface area contributed by atoms with Crippen LogP contribution in [0.2, 0.25) is 0 Å². The Bertz CT molecular complexity index is 478. The Balaban J connectivity index is 1.82. The van der Waals surface area contributed by atoms with E-state index in [1.807, 2.05) is 12.1 Å². The second-order valence-corrected chi connectivity index (χ2v) is 5.93. The number of nitrogen functional groups attached to an aromatic ring is 1. The molecule has 0 atom stereocenters. The maximum absolute atomic E-state index is 11.4. The normalized spacial score (nSPS) is 18.3. The number of benzene rings is 1. The van der Waals surface area contributed by atoms with Crippen molar-refractivity contribution in [1.82, 2.24) is 0 Å². The van der Waals surface area contributed by atoms with Gasteiger partial charge in [-0.05, 0) is 55.7 Å². The first-order chi connectivity index (χ1) is 9.13. The fourth-order valence-corrected chi connectivity index (χ4v) is 2.46. The fraction of sp³-hybridized carbons (Fsp3) is 0.533. The van der Waals surface area contributed by atoms with Crippen LogP contribution in [0.25, 0.3) is 0 Å². The molecule has 4 nitrogen and oxygen atoms in total. The summed E-state index contributed by atoms with van der Waals surface area (Å²) in [5.74, 6) is 1.21. The first-order valence-electron chi connectivity index (χ1n) is 7.08. The number of amides is 1. The number of carbonyl (C=O) groups excluding carboxylic acids is 1. The van der Waals surface area contributed by atoms with Gasteiger partial charge in [-0.3, -0.25) is 4.79 Å². The highest BCUT2D eigenvalue weighted by atomic mass is 16.1. The molecule has 1 aromatic carbocycles. The zero-order chi connectivity index (χ0) is 13.4. The first-order valence-corrected chi connectivity index (χ1v) is 7.08. The second kappa shape index (κ2) is 4.76. The van der Waals surface area contributed by atoms with Crippen LogP contribution in [0.1, 0.15) is 36.0 Å². The lowest BCUT2D eigenvalue weighted by Gasteiger charge is -2.25. The van der Waals surface area contributed by atoms with Gasteiger partial charge in [0, 0.05) is 24.5 Å². The Labute approximate surface area is 113 Å². The average Bonchev–Trinajstić information content (AvgIpc) is 3.23. The minimum atomic E-state index is -0.447. The molecule has 19 heavy (non-hydrogen) atoms. The van der Waals surface area contributed by atoms with Crippen LogP contribution in [-0.4, -0.2) is 19.0 Å². The summed E-state index contributed by atoms with van der Waals surface area (Å²) in [6.45, 7) is 2.19. The van der Waals surface area contributed by atoms with E-state index in [0.717, 1.165) is 30.6 Å². The zero-order valence-corrected chi connectivity index (χ0v) is 11.1. The summed E-state index contributed by atoms with van der Waals surface area (Å²) in [5.41, 5.74) is 13.2. The van der Waals surface area contributed by atoms with Gasteiger partial charge >= 0.3 is 0 Å². The van der Waals surface area contributed by atoms with E-state index in [9.17, 15) is 4.79 Å². The molecule has 0 spiro atoms. The molecule has 2 saturated carbocycles. The summed E-state index contributed by atoms with van der Waals surface area (Å²) in [4.78, 5) is 13.8. The first kappa shape index (κ1) is 12.3. The van der Waals surface area contributed by atoms with Gasteiger partial charge in [-0.25, -0.2) is 0 Å². The van der Waals surface area contributed by atoms with E-state index in [1.54, 1.807) is 6.07 Å². The predicted molar refractivity (Wildman–Crippen MR) is 77.0 cm³/mol. The van der Waals surface area contributed by atoms with Crippen molar-refractivity contribution in [2.45, 2.75) is 25.7 Å². The molecule has 0 aromatic heterocycles. The molecule has 0 heterocycles. The molecule has 4 heteroatoms. The maximum Gasteiger partial charge on any atom is 0.250 e. The summed E-state index contributed by atoms with van der Waals surface area (Å²) in [5, 5.41) is 0. The van der Waals surface area contributed by atoms with Crippen LogP contribution in [0.3, 0.4) is 0 Å². The van der Waals surface area contributed by atoms with Gasteiger partial charge in [0.2, 0.25) is 0 Å². The molecule has 1 aromatic rings. The van der Waals surface area contributed by atoms with Crippen LogP contribution in [0.5, 0.6) is 0 Å². The van der Waals surface area contributed by atoms with Crippen molar-refractivity contribution in [3.8, 4) is 0 Å². The molecule has 2 fully saturated rings. The number of rotatable bonds is 6. The summed E-state index contributed by atoms with van der Waals surface area (Å²) >= 11 is 0. The average molecular weight is 259 g/mol. The van der Waals surface area contributed by atoms with Gasteiger partial charge < -0.3 is 16.4 Å². The van der Waals surface area contributed by atoms with Gasteiger partial charge in [0.15, 0.2) is 0 Å². The Morgan fingerprint density at radius 3 is 2.21 bits per heavy atom. The number of hydrogen-bond acceptors (Lipinski definition) is 3. The van der Waals surface area contributed by atoms with Gasteiger partial charge in [-0.2, -0.15) is 0 Å². The summed E-state index contributed by atoms with van der Waals surface area (Å²) in [6.07, 6.45) is 5.33. The zero-order valence-electron chi connectivity index (χ0n) is 11.1. The van der Waals surface area contributed by atoms with Crippen molar-refractivity contribution in [3.63, 3.8) is 0 Å². The molecular formula is C15H21N3O. The van der Waals surface area contributed by atoms with Crippen molar-refractivity contribution in [2.75, 3.05) is 23.7 Å². The molecule has 4 N–H and O–H groups in total. The molecule has 102 valence electrons. The van der Waals surface area contributed by atoms with Gasteiger partial charge in [0.1, 0.15) is 0 Å². The molecule has 3 rings (SSSR count). The highest BCUT2D eigenvalue weighted by Crippen LogP contribution is 2.36. The van der Waals surface area contributed by atoms with Crippen LogP contribution in [0.15, 0.2) is 18.2 Å². The number of primary amides is 1. The molecule has 0 radical (unpaired) electrons. The highest BCUT2D eigenvalue weighted by molar-refractivity contribution is 5.99. The van der Waals surface area contributed by atoms with Gasteiger partial charge in [0.25, 0.3) is 5.91 Å². The van der Waals surface area contributed by atoms with E-state index in [0.29, 0.717) is 11.3 Å². The van der Waals surface area contributed by atoms with Gasteiger partial charge in [-0.1, -0.05) is 0 Å². The van der Waals surface area contributed by atoms with Crippen molar-refractivity contribution in [3.05, 3.63) is 23.8 Å². The Morgan fingerprint density at radius 2 is 1.74 bits per heavy atom. The van der Waals surface area contributed by atoms with Crippen LogP contribution >= 0.6 is 0 Å². The van der Waals surface area contributed by atoms with Gasteiger partial charge in [0.05, 0.1) is 5.56 Å². The summed E-state index contributed by atoms with van der Waals surface area (Å²) in [7, 11) is 0. The van der Waals surface area contributed by atoms with Crippen LogP contribution in [0.4, 0.5) is 11.4 Å². The maximum atomic E-state index is 11.4. The van der Waals surface area contributed by atoms with Crippen LogP contribution < -0.4 is 16.4 Å². The molecule has 1 amide bonds. The summed E-state index contributed by atoms with van der Waals surface area (Å²) < 4.78 is 0. The number of hydrogen-bond donors (Lipinski definition) is 2. The Morgan fingerprint density at radius 1 is 1.16 bits per heavy atom. The van der Waals surface area contributed by atoms with Crippen molar-refractivity contribution in [2.24, 2.45) is 17.6 Å². The van der Waals surface area contributed by atoms with Gasteiger partial charge in [-0.15, -0.1) is 0 Å². The molecule has 0 saturated heterocycles. The second-order valence-electron chi connectivity index (χ2n) is 5.93. The van der Waals surface area contributed by atoms with Crippen molar-refractivity contribution < 1.29 is 4.79 Å². The van der Waals surface area contributed by atoms with E-state index in [4.69, 9.17) is 11.5 Å². The number of carbonyl (C=O) groups is 1. The highest BCUT2D eigenvalue weighted by Gasteiger charge is 2.29. The smallest absolute Gasteiger partial charge is 0.250 e. The molecule has 2 aliphatic rings. The number of anilines is 2. The van der Waals surface area contributed by atoms with Crippen LogP contribution in [-0.2, 0) is 0 Å². The largest absolute Gasteiger partial charge is 0.398 e. The lowest BCUT2D eigenvalue weighted by molar-refractivity contribution is 0.100. The Kier molecular flexibility index (Phi) is 3.09. The lowest BCUT2D eigenvalue weighted by Crippen LogP contribution is -2.28. The third-order valence-corrected chi connectivity index (χ3v) is 4.02. The van der Waals surface area contributed by atoms with Crippen LogP contribution in [0, 0.1) is 11.8 Å². The van der Waals surface area contributed by atoms with E-state index >= 15 is 0 Å². The van der Waals surface area contributed by atoms with E-state index in [-0.39, 0.29) is 0 Å². The van der Waals surface area contributed by atoms with Crippen molar-refractivity contribution in [1.29, 1.82) is 0 Å². The standard InChI is InChI=1S/C15H21N3O/c16-14-6-5-12(7-13(14)15(17)19)18(8-10-1-2-10)9-11-3-4-11/h5-7,10-11H,1-4,8-9,16H2,(H2,17,19). The van der Waals surface area contributed by atoms with Crippen molar-refractivity contribution >= 4 is 17.3 Å². The van der Waals surface area contributed by atoms with E-state index in [2.05, 4.69) is 4.90 Å². The topological polar surface area (TPSA) is 72.4 Å². The SMILES string of the molecule is NC(=O)c1cc(N(CC2CC2)CC2CC2)ccc1N.